The third-order valence-corrected chi connectivity index (χ3v) is 1.69. The summed E-state index contributed by atoms with van der Waals surface area (Å²) in [7, 11) is 0. The average Bonchev–Trinajstić information content (AvgIpc) is 2.10. The molecule has 0 bridgehead atoms. The molecule has 1 rings (SSSR count). The van der Waals surface area contributed by atoms with Crippen LogP contribution in [0.1, 0.15) is 11.6 Å². The molecule has 56 valence electrons. The Hall–Kier alpha value is -0.0826. The van der Waals surface area contributed by atoms with Crippen LogP contribution in [-0.4, -0.2) is 13.7 Å². The van der Waals surface area contributed by atoms with Crippen molar-refractivity contribution in [1.29, 1.82) is 0 Å². The van der Waals surface area contributed by atoms with E-state index in [1.54, 1.807) is 13.8 Å². The predicted molar refractivity (Wildman–Crippen MR) is 33.2 cm³/mol. The van der Waals surface area contributed by atoms with Crippen molar-refractivity contribution >= 4 is 11.1 Å². The van der Waals surface area contributed by atoms with E-state index < -0.39 is 11.1 Å². The standard InChI is InChI=1S/C5H7NO3S.Li/c1-3-5(10(7)8)9-4(2)6-3;/h1-2H3,(H,7,8);/q;+1/p-1. The molecule has 0 radical (unpaired) electrons. The van der Waals surface area contributed by atoms with Crippen LogP contribution in [0.15, 0.2) is 9.51 Å². The Balaban J connectivity index is 0.000001000. The van der Waals surface area contributed by atoms with Crippen molar-refractivity contribution in [1.82, 2.24) is 4.98 Å². The van der Waals surface area contributed by atoms with Gasteiger partial charge in [0.05, 0.1) is 5.69 Å². The molecular weight excluding hydrogens is 161 g/mol. The van der Waals surface area contributed by atoms with Gasteiger partial charge < -0.3 is 8.97 Å². The van der Waals surface area contributed by atoms with Gasteiger partial charge in [0, 0.05) is 18.0 Å². The molecule has 1 atom stereocenters. The van der Waals surface area contributed by atoms with Crippen LogP contribution in [0.3, 0.4) is 0 Å². The van der Waals surface area contributed by atoms with Gasteiger partial charge in [0.25, 0.3) is 0 Å². The third kappa shape index (κ3) is 2.45. The van der Waals surface area contributed by atoms with Gasteiger partial charge in [0.2, 0.25) is 0 Å². The van der Waals surface area contributed by atoms with Gasteiger partial charge in [0.15, 0.2) is 11.0 Å². The number of aromatic nitrogens is 1. The van der Waals surface area contributed by atoms with Gasteiger partial charge in [-0.15, -0.1) is 0 Å². The zero-order valence-corrected chi connectivity index (χ0v) is 7.40. The minimum absolute atomic E-state index is 0. The Labute approximate surface area is 78.9 Å². The van der Waals surface area contributed by atoms with Gasteiger partial charge in [-0.05, 0) is 6.92 Å². The molecule has 6 heteroatoms. The van der Waals surface area contributed by atoms with E-state index >= 15 is 0 Å². The Morgan fingerprint density at radius 1 is 1.55 bits per heavy atom. The Bertz CT molecular complexity index is 273. The van der Waals surface area contributed by atoms with Crippen LogP contribution in [0.5, 0.6) is 0 Å². The molecule has 0 N–H and O–H groups in total. The first-order valence-electron chi connectivity index (χ1n) is 2.64. The van der Waals surface area contributed by atoms with E-state index in [0.29, 0.717) is 11.6 Å². The Morgan fingerprint density at radius 2 is 2.09 bits per heavy atom. The summed E-state index contributed by atoms with van der Waals surface area (Å²) in [4.78, 5) is 3.77. The van der Waals surface area contributed by atoms with Gasteiger partial charge in [0.1, 0.15) is 0 Å². The number of rotatable bonds is 1. The van der Waals surface area contributed by atoms with E-state index in [4.69, 9.17) is 4.42 Å². The maximum Gasteiger partial charge on any atom is 1.00 e. The summed E-state index contributed by atoms with van der Waals surface area (Å²) >= 11 is -2.30. The summed E-state index contributed by atoms with van der Waals surface area (Å²) in [5, 5.41) is -0.0718. The summed E-state index contributed by atoms with van der Waals surface area (Å²) in [6.07, 6.45) is 0. The summed E-state index contributed by atoms with van der Waals surface area (Å²) in [5.41, 5.74) is 0.408. The fourth-order valence-corrected chi connectivity index (χ4v) is 1.14. The molecule has 0 aliphatic heterocycles. The quantitative estimate of drug-likeness (QED) is 0.343. The minimum Gasteiger partial charge on any atom is -0.766 e. The molecule has 0 aliphatic carbocycles. The zero-order chi connectivity index (χ0) is 7.72. The van der Waals surface area contributed by atoms with Crippen LogP contribution in [0.4, 0.5) is 0 Å². The Kier molecular flexibility index (Phi) is 4.04. The number of oxazole rings is 1. The maximum absolute atomic E-state index is 10.3. The predicted octanol–water partition coefficient (Wildman–Crippen LogP) is -2.47. The summed E-state index contributed by atoms with van der Waals surface area (Å²) in [6, 6.07) is 0. The van der Waals surface area contributed by atoms with Crippen molar-refractivity contribution < 1.29 is 32.0 Å². The van der Waals surface area contributed by atoms with Crippen LogP contribution in [-0.2, 0) is 11.1 Å². The molecule has 0 spiro atoms. The fourth-order valence-electron chi connectivity index (χ4n) is 0.667. The molecule has 0 saturated carbocycles. The molecule has 0 fully saturated rings. The second-order valence-corrected chi connectivity index (χ2v) is 2.68. The van der Waals surface area contributed by atoms with Crippen LogP contribution in [0.25, 0.3) is 0 Å². The van der Waals surface area contributed by atoms with Crippen molar-refractivity contribution in [3.05, 3.63) is 11.6 Å². The molecule has 1 unspecified atom stereocenters. The number of aryl methyl sites for hydroxylation is 2. The second-order valence-electron chi connectivity index (χ2n) is 1.84. The average molecular weight is 167 g/mol. The number of hydrogen-bond donors (Lipinski definition) is 0. The monoisotopic (exact) mass is 167 g/mol. The normalized spacial score (nSPS) is 12.3. The van der Waals surface area contributed by atoms with E-state index in [1.165, 1.54) is 0 Å². The van der Waals surface area contributed by atoms with Crippen molar-refractivity contribution in [3.63, 3.8) is 0 Å². The molecule has 4 nitrogen and oxygen atoms in total. The van der Waals surface area contributed by atoms with Gasteiger partial charge in [-0.2, -0.15) is 0 Å². The molecule has 11 heavy (non-hydrogen) atoms. The summed E-state index contributed by atoms with van der Waals surface area (Å²) in [5.74, 6) is 0.372. The SMILES string of the molecule is Cc1nc(C)c(S(=O)[O-])o1.[Li+]. The number of hydrogen-bond acceptors (Lipinski definition) is 4. The van der Waals surface area contributed by atoms with Crippen molar-refractivity contribution in [2.45, 2.75) is 18.9 Å². The molecule has 1 heterocycles. The first kappa shape index (κ1) is 10.9. The summed E-state index contributed by atoms with van der Waals surface area (Å²) in [6.45, 7) is 3.19. The van der Waals surface area contributed by atoms with Crippen LogP contribution in [0, 0.1) is 13.8 Å². The van der Waals surface area contributed by atoms with Crippen LogP contribution < -0.4 is 18.9 Å². The van der Waals surface area contributed by atoms with Crippen molar-refractivity contribution in [2.24, 2.45) is 0 Å². The molecule has 0 saturated heterocycles. The molecule has 0 aliphatic rings. The molecule has 0 amide bonds. The zero-order valence-electron chi connectivity index (χ0n) is 6.58. The van der Waals surface area contributed by atoms with E-state index in [-0.39, 0.29) is 24.0 Å². The number of nitrogens with zero attached hydrogens (tertiary/aromatic N) is 1. The fraction of sp³-hybridized carbons (Fsp3) is 0.400. The summed E-state index contributed by atoms with van der Waals surface area (Å²) < 4.78 is 25.4. The third-order valence-electron chi connectivity index (χ3n) is 1.01. The van der Waals surface area contributed by atoms with Crippen LogP contribution >= 0.6 is 0 Å². The van der Waals surface area contributed by atoms with Crippen molar-refractivity contribution in [3.8, 4) is 0 Å². The minimum atomic E-state index is -2.30. The largest absolute Gasteiger partial charge is 1.00 e. The van der Waals surface area contributed by atoms with Crippen molar-refractivity contribution in [2.75, 3.05) is 0 Å². The maximum atomic E-state index is 10.3. The first-order valence-corrected chi connectivity index (χ1v) is 3.72. The van der Waals surface area contributed by atoms with E-state index in [9.17, 15) is 8.76 Å². The molecule has 0 aromatic carbocycles. The second kappa shape index (κ2) is 4.07. The van der Waals surface area contributed by atoms with E-state index in [0.717, 1.165) is 0 Å². The van der Waals surface area contributed by atoms with Gasteiger partial charge in [-0.1, -0.05) is 0 Å². The Morgan fingerprint density at radius 3 is 2.27 bits per heavy atom. The first-order chi connectivity index (χ1) is 4.61. The van der Waals surface area contributed by atoms with E-state index in [1.807, 2.05) is 0 Å². The smallest absolute Gasteiger partial charge is 0.766 e. The topological polar surface area (TPSA) is 66.2 Å². The van der Waals surface area contributed by atoms with Gasteiger partial charge >= 0.3 is 18.9 Å². The van der Waals surface area contributed by atoms with Gasteiger partial charge in [-0.25, -0.2) is 4.98 Å². The van der Waals surface area contributed by atoms with Crippen LogP contribution in [0.2, 0.25) is 0 Å². The van der Waals surface area contributed by atoms with E-state index in [2.05, 4.69) is 4.98 Å². The molecule has 1 aromatic heterocycles. The van der Waals surface area contributed by atoms with Gasteiger partial charge in [-0.3, -0.25) is 4.21 Å². The molecular formula is C5H6LiNO3S. The molecule has 1 aromatic rings.